The summed E-state index contributed by atoms with van der Waals surface area (Å²) in [5.74, 6) is 0.348. The molecular weight excluding hydrogens is 194 g/mol. The van der Waals surface area contributed by atoms with E-state index in [4.69, 9.17) is 5.11 Å². The fraction of sp³-hybridized carbons (Fsp3) is 0.500. The molecule has 0 aliphatic heterocycles. The molecule has 15 heavy (non-hydrogen) atoms. The summed E-state index contributed by atoms with van der Waals surface area (Å²) in [6, 6.07) is 3.39. The van der Waals surface area contributed by atoms with Crippen molar-refractivity contribution in [2.75, 3.05) is 4.90 Å². The van der Waals surface area contributed by atoms with Gasteiger partial charge in [0.1, 0.15) is 0 Å². The second kappa shape index (κ2) is 3.84. The molecule has 0 saturated carbocycles. The highest BCUT2D eigenvalue weighted by molar-refractivity contribution is 5.86. The van der Waals surface area contributed by atoms with E-state index in [1.54, 1.807) is 19.1 Å². The maximum atomic E-state index is 11.1. The van der Waals surface area contributed by atoms with Gasteiger partial charge in [0.25, 0.3) is 0 Å². The maximum absolute atomic E-state index is 11.1. The van der Waals surface area contributed by atoms with E-state index in [0.717, 1.165) is 5.69 Å². The number of hydrogen-bond acceptors (Lipinski definition) is 3. The normalized spacial score (nSPS) is 11.2. The summed E-state index contributed by atoms with van der Waals surface area (Å²) >= 11 is 0. The summed E-state index contributed by atoms with van der Waals surface area (Å²) < 4.78 is 0. The Morgan fingerprint density at radius 1 is 1.33 bits per heavy atom. The molecule has 0 spiro atoms. The third-order valence-corrected chi connectivity index (χ3v) is 1.88. The van der Waals surface area contributed by atoms with Crippen LogP contribution in [-0.2, 0) is 0 Å². The van der Waals surface area contributed by atoms with Crippen molar-refractivity contribution < 1.29 is 9.90 Å². The first-order chi connectivity index (χ1) is 6.82. The Kier molecular flexibility index (Phi) is 2.93. The topological polar surface area (TPSA) is 66.3 Å². The number of aryl methyl sites for hydroxylation is 1. The second-order valence-electron chi connectivity index (χ2n) is 4.32. The quantitative estimate of drug-likeness (QED) is 0.768. The van der Waals surface area contributed by atoms with E-state index in [-0.39, 0.29) is 0 Å². The van der Waals surface area contributed by atoms with Crippen LogP contribution in [0, 0.1) is 6.92 Å². The lowest BCUT2D eigenvalue weighted by Gasteiger charge is -2.31. The Balaban J connectivity index is 3.11. The molecular formula is C10H15N3O2. The van der Waals surface area contributed by atoms with Gasteiger partial charge in [-0.05, 0) is 39.8 Å². The molecule has 1 amide bonds. The highest BCUT2D eigenvalue weighted by atomic mass is 16.4. The van der Waals surface area contributed by atoms with E-state index >= 15 is 0 Å². The second-order valence-corrected chi connectivity index (χ2v) is 4.32. The van der Waals surface area contributed by atoms with E-state index in [1.165, 1.54) is 4.90 Å². The van der Waals surface area contributed by atoms with Crippen LogP contribution in [0.4, 0.5) is 10.6 Å². The van der Waals surface area contributed by atoms with Crippen molar-refractivity contribution in [3.05, 3.63) is 17.8 Å². The first-order valence-corrected chi connectivity index (χ1v) is 4.66. The van der Waals surface area contributed by atoms with Gasteiger partial charge in [-0.3, -0.25) is 4.90 Å². The Morgan fingerprint density at radius 2 is 1.93 bits per heavy atom. The predicted octanol–water partition coefficient (Wildman–Crippen LogP) is 2.07. The van der Waals surface area contributed by atoms with Crippen LogP contribution in [0.5, 0.6) is 0 Å². The lowest BCUT2D eigenvalue weighted by atomic mass is 10.1. The molecule has 0 unspecified atom stereocenters. The Hall–Kier alpha value is -1.65. The van der Waals surface area contributed by atoms with Gasteiger partial charge in [0.2, 0.25) is 0 Å². The number of carbonyl (C=O) groups is 1. The highest BCUT2D eigenvalue weighted by Crippen LogP contribution is 2.21. The molecule has 0 saturated heterocycles. The number of carboxylic acid groups (broad SMARTS) is 1. The van der Waals surface area contributed by atoms with Crippen molar-refractivity contribution in [1.29, 1.82) is 0 Å². The molecule has 0 bridgehead atoms. The summed E-state index contributed by atoms with van der Waals surface area (Å²) in [5.41, 5.74) is 0.230. The SMILES string of the molecule is Cc1ccc(N(C(=O)O)C(C)(C)C)nn1. The minimum Gasteiger partial charge on any atom is -0.465 e. The summed E-state index contributed by atoms with van der Waals surface area (Å²) in [7, 11) is 0. The summed E-state index contributed by atoms with van der Waals surface area (Å²) in [4.78, 5) is 12.3. The smallest absolute Gasteiger partial charge is 0.413 e. The number of aromatic nitrogens is 2. The van der Waals surface area contributed by atoms with E-state index in [0.29, 0.717) is 5.82 Å². The maximum Gasteiger partial charge on any atom is 0.413 e. The molecule has 0 radical (unpaired) electrons. The van der Waals surface area contributed by atoms with Gasteiger partial charge in [0.05, 0.1) is 5.69 Å². The third kappa shape index (κ3) is 2.65. The van der Waals surface area contributed by atoms with Crippen LogP contribution in [0.1, 0.15) is 26.5 Å². The first kappa shape index (κ1) is 11.4. The first-order valence-electron chi connectivity index (χ1n) is 4.66. The Bertz CT molecular complexity index is 354. The number of hydrogen-bond donors (Lipinski definition) is 1. The average Bonchev–Trinajstić information content (AvgIpc) is 2.05. The van der Waals surface area contributed by atoms with Crippen LogP contribution in [0.25, 0.3) is 0 Å². The van der Waals surface area contributed by atoms with Gasteiger partial charge in [-0.1, -0.05) is 0 Å². The fourth-order valence-corrected chi connectivity index (χ4v) is 1.24. The molecule has 0 atom stereocenters. The lowest BCUT2D eigenvalue weighted by Crippen LogP contribution is -2.45. The number of anilines is 1. The van der Waals surface area contributed by atoms with Gasteiger partial charge < -0.3 is 5.11 Å². The summed E-state index contributed by atoms with van der Waals surface area (Å²) in [6.45, 7) is 7.23. The fourth-order valence-electron chi connectivity index (χ4n) is 1.24. The molecule has 0 fully saturated rings. The predicted molar refractivity (Wildman–Crippen MR) is 57.0 cm³/mol. The zero-order valence-corrected chi connectivity index (χ0v) is 9.35. The molecule has 5 heteroatoms. The van der Waals surface area contributed by atoms with Crippen LogP contribution >= 0.6 is 0 Å². The van der Waals surface area contributed by atoms with Crippen LogP contribution in [0.15, 0.2) is 12.1 Å². The molecule has 1 aromatic rings. The zero-order valence-electron chi connectivity index (χ0n) is 9.35. The highest BCUT2D eigenvalue weighted by Gasteiger charge is 2.28. The van der Waals surface area contributed by atoms with Crippen molar-refractivity contribution in [2.45, 2.75) is 33.2 Å². The summed E-state index contributed by atoms with van der Waals surface area (Å²) in [6.07, 6.45) is -1.03. The van der Waals surface area contributed by atoms with Crippen molar-refractivity contribution >= 4 is 11.9 Å². The van der Waals surface area contributed by atoms with Crippen molar-refractivity contribution in [2.24, 2.45) is 0 Å². The van der Waals surface area contributed by atoms with Crippen LogP contribution in [0.2, 0.25) is 0 Å². The van der Waals surface area contributed by atoms with E-state index < -0.39 is 11.6 Å². The van der Waals surface area contributed by atoms with Gasteiger partial charge in [-0.25, -0.2) is 4.79 Å². The van der Waals surface area contributed by atoms with Crippen LogP contribution < -0.4 is 4.90 Å². The standard InChI is InChI=1S/C10H15N3O2/c1-7-5-6-8(12-11-7)13(9(14)15)10(2,3)4/h5-6H,1-4H3,(H,14,15). The molecule has 1 rings (SSSR count). The van der Waals surface area contributed by atoms with Crippen molar-refractivity contribution in [3.8, 4) is 0 Å². The minimum absolute atomic E-state index is 0.348. The number of amides is 1. The molecule has 82 valence electrons. The molecule has 0 aliphatic carbocycles. The monoisotopic (exact) mass is 209 g/mol. The van der Waals surface area contributed by atoms with Crippen LogP contribution in [0.3, 0.4) is 0 Å². The largest absolute Gasteiger partial charge is 0.465 e. The third-order valence-electron chi connectivity index (χ3n) is 1.88. The number of nitrogens with zero attached hydrogens (tertiary/aromatic N) is 3. The zero-order chi connectivity index (χ0) is 11.6. The molecule has 1 heterocycles. The van der Waals surface area contributed by atoms with Gasteiger partial charge in [-0.2, -0.15) is 5.10 Å². The molecule has 5 nitrogen and oxygen atoms in total. The minimum atomic E-state index is -1.03. The van der Waals surface area contributed by atoms with Gasteiger partial charge in [-0.15, -0.1) is 5.10 Å². The Labute approximate surface area is 88.7 Å². The Morgan fingerprint density at radius 3 is 2.27 bits per heavy atom. The lowest BCUT2D eigenvalue weighted by molar-refractivity contribution is 0.195. The van der Waals surface area contributed by atoms with E-state index in [2.05, 4.69) is 10.2 Å². The van der Waals surface area contributed by atoms with Gasteiger partial charge in [0, 0.05) is 5.54 Å². The molecule has 0 aromatic carbocycles. The number of rotatable bonds is 1. The molecule has 0 aliphatic rings. The van der Waals surface area contributed by atoms with E-state index in [9.17, 15) is 4.79 Å². The van der Waals surface area contributed by atoms with Gasteiger partial charge >= 0.3 is 6.09 Å². The van der Waals surface area contributed by atoms with E-state index in [1.807, 2.05) is 20.8 Å². The average molecular weight is 209 g/mol. The molecule has 1 aromatic heterocycles. The van der Waals surface area contributed by atoms with Crippen molar-refractivity contribution in [3.63, 3.8) is 0 Å². The van der Waals surface area contributed by atoms with Crippen LogP contribution in [-0.4, -0.2) is 26.9 Å². The van der Waals surface area contributed by atoms with Gasteiger partial charge in [0.15, 0.2) is 5.82 Å². The molecule has 1 N–H and O–H groups in total. The van der Waals surface area contributed by atoms with Crippen molar-refractivity contribution in [1.82, 2.24) is 10.2 Å². The summed E-state index contributed by atoms with van der Waals surface area (Å²) in [5, 5.41) is 16.8.